The number of ether oxygens (including phenoxy) is 1. The molecule has 2 rings (SSSR count). The largest absolute Gasteiger partial charge is 0.465 e. The molecule has 0 radical (unpaired) electrons. The molecule has 1 aromatic heterocycles. The third-order valence-corrected chi connectivity index (χ3v) is 3.50. The van der Waals surface area contributed by atoms with Gasteiger partial charge in [-0.2, -0.15) is 5.26 Å². The molecule has 0 aliphatic rings. The zero-order chi connectivity index (χ0) is 18.2. The minimum atomic E-state index is -0.895. The van der Waals surface area contributed by atoms with Crippen LogP contribution >= 0.6 is 11.6 Å². The molecule has 1 amide bonds. The van der Waals surface area contributed by atoms with Gasteiger partial charge in [-0.3, -0.25) is 4.79 Å². The van der Waals surface area contributed by atoms with Gasteiger partial charge >= 0.3 is 5.97 Å². The molecule has 25 heavy (non-hydrogen) atoms. The van der Waals surface area contributed by atoms with E-state index in [-0.39, 0.29) is 11.6 Å². The molecule has 0 aliphatic heterocycles. The van der Waals surface area contributed by atoms with Crippen LogP contribution in [0.25, 0.3) is 6.08 Å². The molecule has 7 heteroatoms. The first kappa shape index (κ1) is 18.3. The lowest BCUT2D eigenvalue weighted by Crippen LogP contribution is -2.31. The minimum absolute atomic E-state index is 0.256. The summed E-state index contributed by atoms with van der Waals surface area (Å²) in [5.41, 5.74) is 0.605. The molecule has 0 saturated carbocycles. The van der Waals surface area contributed by atoms with Crippen LogP contribution in [0.5, 0.6) is 0 Å². The van der Waals surface area contributed by atoms with Crippen molar-refractivity contribution in [3.05, 3.63) is 64.6 Å². The lowest BCUT2D eigenvalue weighted by atomic mass is 10.1. The van der Waals surface area contributed by atoms with Gasteiger partial charge in [0.25, 0.3) is 5.91 Å². The van der Waals surface area contributed by atoms with Crippen LogP contribution in [0.2, 0.25) is 5.02 Å². The van der Waals surface area contributed by atoms with Gasteiger partial charge in [-0.05, 0) is 36.8 Å². The van der Waals surface area contributed by atoms with Gasteiger partial charge in [0, 0.05) is 11.1 Å². The summed E-state index contributed by atoms with van der Waals surface area (Å²) in [4.78, 5) is 23.7. The molecular formula is C18H15ClN2O4. The summed E-state index contributed by atoms with van der Waals surface area (Å²) in [6, 6.07) is 11.7. The van der Waals surface area contributed by atoms with Crippen LogP contribution in [0.1, 0.15) is 24.3 Å². The number of rotatable bonds is 6. The van der Waals surface area contributed by atoms with Crippen molar-refractivity contribution in [2.45, 2.75) is 13.0 Å². The van der Waals surface area contributed by atoms with Crippen molar-refractivity contribution in [1.29, 1.82) is 5.26 Å². The first-order chi connectivity index (χ1) is 12.0. The van der Waals surface area contributed by atoms with E-state index in [4.69, 9.17) is 26.0 Å². The fourth-order valence-corrected chi connectivity index (χ4v) is 2.11. The summed E-state index contributed by atoms with van der Waals surface area (Å²) in [6.07, 6.45) is 2.66. The fourth-order valence-electron chi connectivity index (χ4n) is 1.98. The van der Waals surface area contributed by atoms with E-state index in [1.54, 1.807) is 49.4 Å². The van der Waals surface area contributed by atoms with Crippen molar-refractivity contribution in [3.8, 4) is 6.07 Å². The Morgan fingerprint density at radius 3 is 2.68 bits per heavy atom. The zero-order valence-electron chi connectivity index (χ0n) is 13.4. The van der Waals surface area contributed by atoms with E-state index < -0.39 is 18.5 Å². The second-order valence-corrected chi connectivity index (χ2v) is 5.54. The predicted octanol–water partition coefficient (Wildman–Crippen LogP) is 3.26. The molecule has 0 bridgehead atoms. The highest BCUT2D eigenvalue weighted by Crippen LogP contribution is 2.16. The van der Waals surface area contributed by atoms with Crippen molar-refractivity contribution in [3.63, 3.8) is 0 Å². The number of nitrogens with one attached hydrogen (secondary N) is 1. The first-order valence-corrected chi connectivity index (χ1v) is 7.74. The van der Waals surface area contributed by atoms with Gasteiger partial charge in [-0.1, -0.05) is 23.7 Å². The van der Waals surface area contributed by atoms with E-state index in [0.29, 0.717) is 10.8 Å². The molecular weight excluding hydrogens is 344 g/mol. The molecule has 0 spiro atoms. The monoisotopic (exact) mass is 358 g/mol. The summed E-state index contributed by atoms with van der Waals surface area (Å²) in [7, 11) is 0. The Morgan fingerprint density at radius 2 is 2.08 bits per heavy atom. The number of amides is 1. The molecule has 0 aliphatic carbocycles. The van der Waals surface area contributed by atoms with E-state index >= 15 is 0 Å². The quantitative estimate of drug-likeness (QED) is 0.486. The van der Waals surface area contributed by atoms with Crippen LogP contribution in [0.15, 0.2) is 52.7 Å². The topological polar surface area (TPSA) is 92.3 Å². The van der Waals surface area contributed by atoms with E-state index in [1.165, 1.54) is 12.3 Å². The van der Waals surface area contributed by atoms with Crippen molar-refractivity contribution < 1.29 is 18.7 Å². The van der Waals surface area contributed by atoms with Crippen molar-refractivity contribution in [2.24, 2.45) is 0 Å². The average molecular weight is 359 g/mol. The molecule has 0 fully saturated rings. The number of hydrogen-bond donors (Lipinski definition) is 1. The van der Waals surface area contributed by atoms with E-state index in [1.807, 2.05) is 0 Å². The SMILES string of the molecule is C[C@@H](NC(=O)COC(=O)/C(C#N)=C/c1ccco1)c1ccc(Cl)cc1. The van der Waals surface area contributed by atoms with Crippen LogP contribution in [0.3, 0.4) is 0 Å². The first-order valence-electron chi connectivity index (χ1n) is 7.37. The Kier molecular flexibility index (Phi) is 6.38. The molecule has 1 N–H and O–H groups in total. The van der Waals surface area contributed by atoms with Crippen LogP contribution in [0, 0.1) is 11.3 Å². The van der Waals surface area contributed by atoms with Gasteiger partial charge in [-0.25, -0.2) is 4.79 Å². The normalized spacial score (nSPS) is 12.1. The van der Waals surface area contributed by atoms with Crippen LogP contribution in [0.4, 0.5) is 0 Å². The van der Waals surface area contributed by atoms with Crippen LogP contribution < -0.4 is 5.32 Å². The van der Waals surface area contributed by atoms with Gasteiger partial charge in [0.1, 0.15) is 17.4 Å². The standard InChI is InChI=1S/C18H15ClN2O4/c1-12(13-4-6-15(19)7-5-13)21-17(22)11-25-18(23)14(10-20)9-16-3-2-8-24-16/h2-9,12H,11H2,1H3,(H,21,22)/b14-9+/t12-/m1/s1. The highest BCUT2D eigenvalue weighted by atomic mass is 35.5. The number of hydrogen-bond acceptors (Lipinski definition) is 5. The fraction of sp³-hybridized carbons (Fsp3) is 0.167. The number of halogens is 1. The average Bonchev–Trinajstić information content (AvgIpc) is 3.11. The maximum atomic E-state index is 11.9. The predicted molar refractivity (Wildman–Crippen MR) is 91.3 cm³/mol. The number of nitriles is 1. The number of carbonyl (C=O) groups is 2. The summed E-state index contributed by atoms with van der Waals surface area (Å²) in [6.45, 7) is 1.30. The smallest absolute Gasteiger partial charge is 0.349 e. The van der Waals surface area contributed by atoms with E-state index in [9.17, 15) is 9.59 Å². The lowest BCUT2D eigenvalue weighted by molar-refractivity contribution is -0.144. The van der Waals surface area contributed by atoms with Crippen molar-refractivity contribution in [1.82, 2.24) is 5.32 Å². The number of carbonyl (C=O) groups excluding carboxylic acids is 2. The van der Waals surface area contributed by atoms with Crippen molar-refractivity contribution in [2.75, 3.05) is 6.61 Å². The summed E-state index contributed by atoms with van der Waals surface area (Å²) in [5, 5.41) is 12.3. The van der Waals surface area contributed by atoms with Gasteiger partial charge in [0.2, 0.25) is 0 Å². The third-order valence-electron chi connectivity index (χ3n) is 3.25. The Hall–Kier alpha value is -3.04. The number of nitrogens with zero attached hydrogens (tertiary/aromatic N) is 1. The molecule has 128 valence electrons. The third kappa shape index (κ3) is 5.52. The Balaban J connectivity index is 1.87. The molecule has 6 nitrogen and oxygen atoms in total. The lowest BCUT2D eigenvalue weighted by Gasteiger charge is -2.14. The van der Waals surface area contributed by atoms with Gasteiger partial charge < -0.3 is 14.5 Å². The van der Waals surface area contributed by atoms with Crippen LogP contribution in [-0.2, 0) is 14.3 Å². The molecule has 1 atom stereocenters. The van der Waals surface area contributed by atoms with Crippen molar-refractivity contribution >= 4 is 29.6 Å². The summed E-state index contributed by atoms with van der Waals surface area (Å²) in [5.74, 6) is -1.03. The summed E-state index contributed by atoms with van der Waals surface area (Å²) < 4.78 is 9.88. The molecule has 2 aromatic rings. The maximum Gasteiger partial charge on any atom is 0.349 e. The van der Waals surface area contributed by atoms with Gasteiger partial charge in [0.15, 0.2) is 6.61 Å². The maximum absolute atomic E-state index is 11.9. The molecule has 1 aromatic carbocycles. The van der Waals surface area contributed by atoms with E-state index in [0.717, 1.165) is 5.56 Å². The van der Waals surface area contributed by atoms with Crippen LogP contribution in [-0.4, -0.2) is 18.5 Å². The van der Waals surface area contributed by atoms with E-state index in [2.05, 4.69) is 5.32 Å². The molecule has 1 heterocycles. The number of benzene rings is 1. The van der Waals surface area contributed by atoms with Gasteiger partial charge in [0.05, 0.1) is 12.3 Å². The number of esters is 1. The highest BCUT2D eigenvalue weighted by molar-refractivity contribution is 6.30. The Labute approximate surface area is 149 Å². The number of furan rings is 1. The molecule has 0 saturated heterocycles. The highest BCUT2D eigenvalue weighted by Gasteiger charge is 2.15. The Morgan fingerprint density at radius 1 is 1.36 bits per heavy atom. The summed E-state index contributed by atoms with van der Waals surface area (Å²) >= 11 is 5.82. The zero-order valence-corrected chi connectivity index (χ0v) is 14.1. The van der Waals surface area contributed by atoms with Gasteiger partial charge in [-0.15, -0.1) is 0 Å². The minimum Gasteiger partial charge on any atom is -0.465 e. The second-order valence-electron chi connectivity index (χ2n) is 5.10. The molecule has 0 unspecified atom stereocenters. The second kappa shape index (κ2) is 8.71. The Bertz CT molecular complexity index is 805.